The zero-order valence-electron chi connectivity index (χ0n) is 8.98. The first-order valence-corrected chi connectivity index (χ1v) is 4.89. The summed E-state index contributed by atoms with van der Waals surface area (Å²) in [5, 5.41) is 19.4. The molecule has 1 aromatic carbocycles. The van der Waals surface area contributed by atoms with Crippen molar-refractivity contribution in [2.75, 3.05) is 0 Å². The molecule has 7 heteroatoms. The first-order valence-electron chi connectivity index (χ1n) is 4.89. The topological polar surface area (TPSA) is 106 Å². The second-order valence-corrected chi connectivity index (χ2v) is 3.38. The van der Waals surface area contributed by atoms with Crippen molar-refractivity contribution in [2.45, 2.75) is 0 Å². The van der Waals surface area contributed by atoms with Crippen LogP contribution in [-0.2, 0) is 0 Å². The average Bonchev–Trinajstić information content (AvgIpc) is 2.39. The van der Waals surface area contributed by atoms with Gasteiger partial charge in [0.25, 0.3) is 5.69 Å². The van der Waals surface area contributed by atoms with E-state index < -0.39 is 10.9 Å². The lowest BCUT2D eigenvalue weighted by Gasteiger charge is -2.00. The maximum Gasteiger partial charge on any atom is 0.354 e. The minimum Gasteiger partial charge on any atom is -0.477 e. The molecule has 2 aromatic rings. The molecule has 0 spiro atoms. The summed E-state index contributed by atoms with van der Waals surface area (Å²) in [6.45, 7) is 0. The first-order chi connectivity index (χ1) is 8.58. The molecule has 1 aromatic heterocycles. The fourth-order valence-corrected chi connectivity index (χ4v) is 1.38. The molecular formula is C11H7N3O4. The second kappa shape index (κ2) is 4.58. The molecule has 0 atom stereocenters. The van der Waals surface area contributed by atoms with Crippen LogP contribution in [0.3, 0.4) is 0 Å². The van der Waals surface area contributed by atoms with Crippen LogP contribution >= 0.6 is 0 Å². The SMILES string of the molecule is O=C(O)c1ccnc(-c2cccc([N+](=O)[O-])c2)n1. The van der Waals surface area contributed by atoms with Crippen LogP contribution in [-0.4, -0.2) is 26.0 Å². The summed E-state index contributed by atoms with van der Waals surface area (Å²) in [6, 6.07) is 6.95. The van der Waals surface area contributed by atoms with Gasteiger partial charge in [0.05, 0.1) is 4.92 Å². The number of hydrogen-bond donors (Lipinski definition) is 1. The number of carboxylic acid groups (broad SMARTS) is 1. The van der Waals surface area contributed by atoms with Gasteiger partial charge >= 0.3 is 5.97 Å². The molecule has 0 fully saturated rings. The van der Waals surface area contributed by atoms with Gasteiger partial charge in [-0.05, 0) is 6.07 Å². The number of nitro groups is 1. The molecule has 0 aliphatic heterocycles. The molecule has 0 bridgehead atoms. The minimum absolute atomic E-state index is 0.100. The van der Waals surface area contributed by atoms with E-state index in [2.05, 4.69) is 9.97 Å². The maximum atomic E-state index is 10.8. The van der Waals surface area contributed by atoms with Crippen molar-refractivity contribution in [3.05, 3.63) is 52.3 Å². The molecule has 18 heavy (non-hydrogen) atoms. The molecule has 0 saturated heterocycles. The lowest BCUT2D eigenvalue weighted by Crippen LogP contribution is -2.02. The van der Waals surface area contributed by atoms with Gasteiger partial charge in [0.2, 0.25) is 0 Å². The Bertz CT molecular complexity index is 572. The molecule has 2 rings (SSSR count). The van der Waals surface area contributed by atoms with Gasteiger partial charge in [-0.25, -0.2) is 14.8 Å². The number of carbonyl (C=O) groups is 1. The van der Waals surface area contributed by atoms with Gasteiger partial charge in [-0.3, -0.25) is 10.1 Å². The van der Waals surface area contributed by atoms with Crippen molar-refractivity contribution in [1.29, 1.82) is 0 Å². The lowest BCUT2D eigenvalue weighted by atomic mass is 10.2. The molecule has 0 radical (unpaired) electrons. The number of rotatable bonds is 3. The van der Waals surface area contributed by atoms with Crippen LogP contribution in [0.4, 0.5) is 5.69 Å². The van der Waals surface area contributed by atoms with Crippen LogP contribution in [0.2, 0.25) is 0 Å². The average molecular weight is 245 g/mol. The smallest absolute Gasteiger partial charge is 0.354 e. The molecule has 0 unspecified atom stereocenters. The lowest BCUT2D eigenvalue weighted by molar-refractivity contribution is -0.384. The van der Waals surface area contributed by atoms with E-state index in [1.165, 1.54) is 30.5 Å². The highest BCUT2D eigenvalue weighted by molar-refractivity contribution is 5.85. The summed E-state index contributed by atoms with van der Waals surface area (Å²) in [7, 11) is 0. The summed E-state index contributed by atoms with van der Waals surface area (Å²) < 4.78 is 0. The van der Waals surface area contributed by atoms with Gasteiger partial charge in [0, 0.05) is 23.9 Å². The quantitative estimate of drug-likeness (QED) is 0.652. The van der Waals surface area contributed by atoms with Gasteiger partial charge in [-0.1, -0.05) is 12.1 Å². The zero-order valence-corrected chi connectivity index (χ0v) is 8.98. The van der Waals surface area contributed by atoms with E-state index in [1.54, 1.807) is 6.07 Å². The number of non-ortho nitro benzene ring substituents is 1. The van der Waals surface area contributed by atoms with Crippen LogP contribution in [0.5, 0.6) is 0 Å². The summed E-state index contributed by atoms with van der Waals surface area (Å²) in [4.78, 5) is 28.6. The Morgan fingerprint density at radius 2 is 2.11 bits per heavy atom. The third-order valence-electron chi connectivity index (χ3n) is 2.19. The van der Waals surface area contributed by atoms with E-state index in [9.17, 15) is 14.9 Å². The molecule has 0 aliphatic rings. The van der Waals surface area contributed by atoms with Gasteiger partial charge in [-0.2, -0.15) is 0 Å². The molecule has 0 aliphatic carbocycles. The van der Waals surface area contributed by atoms with Crippen molar-refractivity contribution < 1.29 is 14.8 Å². The van der Waals surface area contributed by atoms with Crippen molar-refractivity contribution >= 4 is 11.7 Å². The standard InChI is InChI=1S/C11H7N3O4/c15-11(16)9-4-5-12-10(13-9)7-2-1-3-8(6-7)14(17)18/h1-6H,(H,15,16). The maximum absolute atomic E-state index is 10.8. The van der Waals surface area contributed by atoms with Gasteiger partial charge < -0.3 is 5.11 Å². The molecule has 0 saturated carbocycles. The number of aromatic carboxylic acids is 1. The molecule has 1 N–H and O–H groups in total. The molecule has 0 amide bonds. The van der Waals surface area contributed by atoms with Gasteiger partial charge in [0.15, 0.2) is 11.5 Å². The summed E-state index contributed by atoms with van der Waals surface area (Å²) >= 11 is 0. The van der Waals surface area contributed by atoms with E-state index in [0.29, 0.717) is 5.56 Å². The van der Waals surface area contributed by atoms with Crippen molar-refractivity contribution in [1.82, 2.24) is 9.97 Å². The first kappa shape index (κ1) is 11.6. The molecular weight excluding hydrogens is 238 g/mol. The number of benzene rings is 1. The Balaban J connectivity index is 2.48. The molecule has 90 valence electrons. The Kier molecular flexibility index (Phi) is 2.96. The highest BCUT2D eigenvalue weighted by atomic mass is 16.6. The molecule has 1 heterocycles. The van der Waals surface area contributed by atoms with Crippen molar-refractivity contribution in [2.24, 2.45) is 0 Å². The summed E-state index contributed by atoms with van der Waals surface area (Å²) in [6.07, 6.45) is 1.30. The van der Waals surface area contributed by atoms with Crippen LogP contribution in [0, 0.1) is 10.1 Å². The van der Waals surface area contributed by atoms with Crippen LogP contribution in [0.1, 0.15) is 10.5 Å². The highest BCUT2D eigenvalue weighted by Crippen LogP contribution is 2.20. The van der Waals surface area contributed by atoms with Gasteiger partial charge in [-0.15, -0.1) is 0 Å². The third kappa shape index (κ3) is 2.29. The fourth-order valence-electron chi connectivity index (χ4n) is 1.38. The summed E-state index contributed by atoms with van der Waals surface area (Å²) in [5.41, 5.74) is 0.135. The predicted octanol–water partition coefficient (Wildman–Crippen LogP) is 1.75. The number of hydrogen-bond acceptors (Lipinski definition) is 5. The zero-order chi connectivity index (χ0) is 13.1. The minimum atomic E-state index is -1.18. The Labute approximate surface area is 101 Å². The third-order valence-corrected chi connectivity index (χ3v) is 2.19. The second-order valence-electron chi connectivity index (χ2n) is 3.38. The van der Waals surface area contributed by atoms with Crippen LogP contribution < -0.4 is 0 Å². The number of nitro benzene ring substituents is 1. The van der Waals surface area contributed by atoms with Crippen LogP contribution in [0.25, 0.3) is 11.4 Å². The van der Waals surface area contributed by atoms with E-state index in [1.807, 2.05) is 0 Å². The van der Waals surface area contributed by atoms with Crippen molar-refractivity contribution in [3.8, 4) is 11.4 Å². The highest BCUT2D eigenvalue weighted by Gasteiger charge is 2.11. The number of aromatic nitrogens is 2. The van der Waals surface area contributed by atoms with E-state index in [4.69, 9.17) is 5.11 Å². The molecule has 7 nitrogen and oxygen atoms in total. The van der Waals surface area contributed by atoms with Gasteiger partial charge in [0.1, 0.15) is 0 Å². The van der Waals surface area contributed by atoms with E-state index in [-0.39, 0.29) is 17.2 Å². The monoisotopic (exact) mass is 245 g/mol. The fraction of sp³-hybridized carbons (Fsp3) is 0. The predicted molar refractivity (Wildman–Crippen MR) is 61.1 cm³/mol. The largest absolute Gasteiger partial charge is 0.477 e. The Morgan fingerprint density at radius 1 is 1.33 bits per heavy atom. The normalized spacial score (nSPS) is 10.0. The van der Waals surface area contributed by atoms with Crippen LogP contribution in [0.15, 0.2) is 36.5 Å². The summed E-state index contributed by atoms with van der Waals surface area (Å²) in [5.74, 6) is -1.04. The number of nitrogens with zero attached hydrogens (tertiary/aromatic N) is 3. The van der Waals surface area contributed by atoms with Crippen molar-refractivity contribution in [3.63, 3.8) is 0 Å². The van der Waals surface area contributed by atoms with E-state index in [0.717, 1.165) is 0 Å². The Hall–Kier alpha value is -2.83. The Morgan fingerprint density at radius 3 is 2.78 bits per heavy atom. The van der Waals surface area contributed by atoms with E-state index >= 15 is 0 Å². The number of carboxylic acids is 1.